The van der Waals surface area contributed by atoms with E-state index in [4.69, 9.17) is 0 Å². The third-order valence-corrected chi connectivity index (χ3v) is 4.74. The summed E-state index contributed by atoms with van der Waals surface area (Å²) in [6.45, 7) is 7.77. The predicted molar refractivity (Wildman–Crippen MR) is 77.5 cm³/mol. The lowest BCUT2D eigenvalue weighted by Crippen LogP contribution is -2.38. The van der Waals surface area contributed by atoms with Crippen molar-refractivity contribution in [2.24, 2.45) is 5.92 Å². The van der Waals surface area contributed by atoms with Crippen LogP contribution >= 0.6 is 0 Å². The second-order valence-electron chi connectivity index (χ2n) is 6.59. The number of rotatable bonds is 3. The molecule has 0 spiro atoms. The molecule has 1 saturated heterocycles. The number of nitrogens with zero attached hydrogens (tertiary/aromatic N) is 4. The van der Waals surface area contributed by atoms with Crippen molar-refractivity contribution in [3.8, 4) is 0 Å². The van der Waals surface area contributed by atoms with Crippen molar-refractivity contribution in [3.63, 3.8) is 0 Å². The Morgan fingerprint density at radius 1 is 1.20 bits per heavy atom. The summed E-state index contributed by atoms with van der Waals surface area (Å²) in [5.74, 6) is 2.68. The maximum atomic E-state index is 9.68. The number of aromatic nitrogens is 3. The summed E-state index contributed by atoms with van der Waals surface area (Å²) in [5.41, 5.74) is 0. The van der Waals surface area contributed by atoms with Gasteiger partial charge in [-0.2, -0.15) is 5.10 Å². The number of aliphatic hydroxyl groups excluding tert-OH is 1. The molecule has 3 heterocycles. The molecule has 3 rings (SSSR count). The van der Waals surface area contributed by atoms with E-state index in [0.717, 1.165) is 37.0 Å². The molecule has 1 fully saturated rings. The molecule has 2 aliphatic rings. The molecule has 1 N–H and O–H groups in total. The first-order chi connectivity index (χ1) is 9.61. The zero-order valence-electron chi connectivity index (χ0n) is 12.6. The van der Waals surface area contributed by atoms with E-state index in [1.54, 1.807) is 0 Å². The summed E-state index contributed by atoms with van der Waals surface area (Å²) in [6.07, 6.45) is 4.76. The van der Waals surface area contributed by atoms with E-state index in [1.165, 1.54) is 25.9 Å². The number of hydrogen-bond acceptors (Lipinski definition) is 4. The molecule has 1 aromatic rings. The third-order valence-electron chi connectivity index (χ3n) is 4.74. The summed E-state index contributed by atoms with van der Waals surface area (Å²) in [7, 11) is 0. The lowest BCUT2D eigenvalue weighted by atomic mass is 9.93. The van der Waals surface area contributed by atoms with E-state index < -0.39 is 0 Å². The Bertz CT molecular complexity index is 449. The Hall–Kier alpha value is -0.940. The zero-order chi connectivity index (χ0) is 14.1. The van der Waals surface area contributed by atoms with E-state index in [9.17, 15) is 5.11 Å². The van der Waals surface area contributed by atoms with Crippen LogP contribution < -0.4 is 0 Å². The van der Waals surface area contributed by atoms with E-state index >= 15 is 0 Å². The highest BCUT2D eigenvalue weighted by atomic mass is 16.3. The molecule has 5 heteroatoms. The van der Waals surface area contributed by atoms with Crippen LogP contribution in [0.3, 0.4) is 0 Å². The number of hydrogen-bond donors (Lipinski definition) is 1. The van der Waals surface area contributed by atoms with Gasteiger partial charge < -0.3 is 10.0 Å². The quantitative estimate of drug-likeness (QED) is 0.904. The highest BCUT2D eigenvalue weighted by Crippen LogP contribution is 2.22. The molecule has 0 aliphatic carbocycles. The first kappa shape index (κ1) is 14.0. The maximum Gasteiger partial charge on any atom is 0.151 e. The third kappa shape index (κ3) is 3.04. The lowest BCUT2D eigenvalue weighted by Gasteiger charge is -2.34. The van der Waals surface area contributed by atoms with E-state index in [1.807, 2.05) is 4.68 Å². The van der Waals surface area contributed by atoms with Gasteiger partial charge in [0.25, 0.3) is 0 Å². The van der Waals surface area contributed by atoms with E-state index in [2.05, 4.69) is 28.8 Å². The molecular weight excluding hydrogens is 252 g/mol. The highest BCUT2D eigenvalue weighted by molar-refractivity contribution is 4.99. The highest BCUT2D eigenvalue weighted by Gasteiger charge is 2.24. The molecule has 5 nitrogen and oxygen atoms in total. The van der Waals surface area contributed by atoms with Crippen molar-refractivity contribution in [2.45, 2.75) is 64.6 Å². The fourth-order valence-electron chi connectivity index (χ4n) is 3.36. The van der Waals surface area contributed by atoms with Crippen molar-refractivity contribution >= 4 is 0 Å². The smallest absolute Gasteiger partial charge is 0.151 e. The van der Waals surface area contributed by atoms with Gasteiger partial charge >= 0.3 is 0 Å². The van der Waals surface area contributed by atoms with Gasteiger partial charge in [0.15, 0.2) is 5.82 Å². The van der Waals surface area contributed by atoms with Crippen molar-refractivity contribution in [3.05, 3.63) is 11.6 Å². The molecule has 20 heavy (non-hydrogen) atoms. The Morgan fingerprint density at radius 2 is 1.95 bits per heavy atom. The molecular formula is C15H26N4O. The van der Waals surface area contributed by atoms with Crippen molar-refractivity contribution < 1.29 is 5.11 Å². The normalized spacial score (nSPS) is 25.1. The average molecular weight is 278 g/mol. The summed E-state index contributed by atoms with van der Waals surface area (Å²) >= 11 is 0. The first-order valence-corrected chi connectivity index (χ1v) is 7.96. The summed E-state index contributed by atoms with van der Waals surface area (Å²) < 4.78 is 1.99. The fourth-order valence-corrected chi connectivity index (χ4v) is 3.36. The number of piperidine rings is 1. The second kappa shape index (κ2) is 5.82. The standard InChI is InChI=1S/C15H26N4O/c1-11(2)18-6-3-12(4-7-18)9-14-16-15-10-13(20)5-8-19(15)17-14/h11-13,20H,3-10H2,1-2H3. The minimum Gasteiger partial charge on any atom is -0.393 e. The van der Waals surface area contributed by atoms with Crippen LogP contribution in [0.15, 0.2) is 0 Å². The van der Waals surface area contributed by atoms with Gasteiger partial charge in [0.1, 0.15) is 5.82 Å². The molecule has 2 aliphatic heterocycles. The van der Waals surface area contributed by atoms with Gasteiger partial charge in [-0.05, 0) is 52.1 Å². The van der Waals surface area contributed by atoms with Crippen LogP contribution in [0.5, 0.6) is 0 Å². The van der Waals surface area contributed by atoms with Crippen LogP contribution in [0.1, 0.15) is 44.8 Å². The average Bonchev–Trinajstić information content (AvgIpc) is 2.80. The summed E-state index contributed by atoms with van der Waals surface area (Å²) in [4.78, 5) is 7.18. The van der Waals surface area contributed by atoms with Gasteiger partial charge in [0.05, 0.1) is 6.10 Å². The van der Waals surface area contributed by atoms with Crippen molar-refractivity contribution in [2.75, 3.05) is 13.1 Å². The number of likely N-dealkylation sites (tertiary alicyclic amines) is 1. The molecule has 1 atom stereocenters. The SMILES string of the molecule is CC(C)N1CCC(Cc2nc3n(n2)CCC(O)C3)CC1. The number of aryl methyl sites for hydroxylation is 1. The molecule has 1 aromatic heterocycles. The minimum atomic E-state index is -0.228. The van der Waals surface area contributed by atoms with Gasteiger partial charge in [0, 0.05) is 25.4 Å². The molecule has 0 saturated carbocycles. The van der Waals surface area contributed by atoms with Gasteiger partial charge in [-0.3, -0.25) is 0 Å². The number of fused-ring (bicyclic) bond motifs is 1. The van der Waals surface area contributed by atoms with Crippen LogP contribution in [-0.4, -0.2) is 50.0 Å². The first-order valence-electron chi connectivity index (χ1n) is 7.96. The predicted octanol–water partition coefficient (Wildman–Crippen LogP) is 1.25. The van der Waals surface area contributed by atoms with Crippen LogP contribution in [0.25, 0.3) is 0 Å². The van der Waals surface area contributed by atoms with Crippen molar-refractivity contribution in [1.82, 2.24) is 19.7 Å². The molecule has 0 amide bonds. The molecule has 112 valence electrons. The minimum absolute atomic E-state index is 0.228. The lowest BCUT2D eigenvalue weighted by molar-refractivity contribution is 0.138. The van der Waals surface area contributed by atoms with Gasteiger partial charge in [0.2, 0.25) is 0 Å². The van der Waals surface area contributed by atoms with E-state index in [0.29, 0.717) is 12.5 Å². The van der Waals surface area contributed by atoms with Gasteiger partial charge in [-0.1, -0.05) is 0 Å². The Balaban J connectivity index is 1.57. The molecule has 0 aromatic carbocycles. The molecule has 1 unspecified atom stereocenters. The number of aliphatic hydroxyl groups is 1. The van der Waals surface area contributed by atoms with Gasteiger partial charge in [-0.15, -0.1) is 0 Å². The van der Waals surface area contributed by atoms with Crippen molar-refractivity contribution in [1.29, 1.82) is 0 Å². The Labute approximate surface area is 121 Å². The second-order valence-corrected chi connectivity index (χ2v) is 6.59. The van der Waals surface area contributed by atoms with Crippen LogP contribution in [-0.2, 0) is 19.4 Å². The fraction of sp³-hybridized carbons (Fsp3) is 0.867. The van der Waals surface area contributed by atoms with Crippen LogP contribution in [0, 0.1) is 5.92 Å². The van der Waals surface area contributed by atoms with E-state index in [-0.39, 0.29) is 6.10 Å². The van der Waals surface area contributed by atoms with Gasteiger partial charge in [-0.25, -0.2) is 9.67 Å². The largest absolute Gasteiger partial charge is 0.393 e. The Kier molecular flexibility index (Phi) is 4.08. The molecule has 0 bridgehead atoms. The summed E-state index contributed by atoms with van der Waals surface area (Å²) in [5, 5.41) is 14.3. The van der Waals surface area contributed by atoms with Crippen LogP contribution in [0.4, 0.5) is 0 Å². The van der Waals surface area contributed by atoms with Crippen LogP contribution in [0.2, 0.25) is 0 Å². The summed E-state index contributed by atoms with van der Waals surface area (Å²) in [6, 6.07) is 0.662. The Morgan fingerprint density at radius 3 is 2.65 bits per heavy atom. The molecule has 0 radical (unpaired) electrons. The monoisotopic (exact) mass is 278 g/mol. The zero-order valence-corrected chi connectivity index (χ0v) is 12.6. The topological polar surface area (TPSA) is 54.2 Å². The maximum absolute atomic E-state index is 9.68.